The van der Waals surface area contributed by atoms with Crippen LogP contribution in [0.5, 0.6) is 0 Å². The predicted octanol–water partition coefficient (Wildman–Crippen LogP) is 2.59. The van der Waals surface area contributed by atoms with E-state index in [1.807, 2.05) is 36.4 Å². The van der Waals surface area contributed by atoms with Gasteiger partial charge in [0, 0.05) is 0 Å². The third-order valence-corrected chi connectivity index (χ3v) is 3.31. The second-order valence-corrected chi connectivity index (χ2v) is 4.06. The maximum absolute atomic E-state index is 11.9. The van der Waals surface area contributed by atoms with Crippen molar-refractivity contribution in [3.8, 4) is 6.07 Å². The lowest BCUT2D eigenvalue weighted by Crippen LogP contribution is -2.42. The van der Waals surface area contributed by atoms with Gasteiger partial charge in [0.15, 0.2) is 5.78 Å². The van der Waals surface area contributed by atoms with E-state index in [0.29, 0.717) is 0 Å². The second-order valence-electron chi connectivity index (χ2n) is 4.06. The molecule has 0 spiro atoms. The first-order valence-electron chi connectivity index (χ1n) is 5.25. The molecule has 0 unspecified atom stereocenters. The van der Waals surface area contributed by atoms with Crippen molar-refractivity contribution in [1.29, 1.82) is 5.26 Å². The van der Waals surface area contributed by atoms with E-state index in [1.54, 1.807) is 0 Å². The number of carbonyl (C=O) groups excluding carboxylic acids is 1. The zero-order valence-corrected chi connectivity index (χ0v) is 8.57. The van der Waals surface area contributed by atoms with Crippen LogP contribution in [-0.4, -0.2) is 5.78 Å². The zero-order valence-electron chi connectivity index (χ0n) is 8.57. The van der Waals surface area contributed by atoms with E-state index in [-0.39, 0.29) is 17.6 Å². The molecular formula is C13H13NO. The van der Waals surface area contributed by atoms with E-state index in [2.05, 4.69) is 0 Å². The Kier molecular flexibility index (Phi) is 2.55. The van der Waals surface area contributed by atoms with Crippen LogP contribution in [0.4, 0.5) is 0 Å². The van der Waals surface area contributed by atoms with Gasteiger partial charge in [0.2, 0.25) is 0 Å². The van der Waals surface area contributed by atoms with Crippen LogP contribution in [-0.2, 0) is 10.2 Å². The SMILES string of the molecule is N#CCC(=O)C1(c2ccccc2)CCC1. The van der Waals surface area contributed by atoms with Gasteiger partial charge in [0.1, 0.15) is 0 Å². The van der Waals surface area contributed by atoms with Crippen molar-refractivity contribution >= 4 is 5.78 Å². The van der Waals surface area contributed by atoms with E-state index in [0.717, 1.165) is 24.8 Å². The lowest BCUT2D eigenvalue weighted by Gasteiger charge is -2.40. The minimum atomic E-state index is -0.336. The molecule has 1 aliphatic rings. The van der Waals surface area contributed by atoms with Gasteiger partial charge >= 0.3 is 0 Å². The van der Waals surface area contributed by atoms with E-state index in [4.69, 9.17) is 5.26 Å². The third kappa shape index (κ3) is 1.55. The molecule has 0 atom stereocenters. The Labute approximate surface area is 89.5 Å². The Bertz CT molecular complexity index is 398. The minimum Gasteiger partial charge on any atom is -0.298 e. The third-order valence-electron chi connectivity index (χ3n) is 3.31. The van der Waals surface area contributed by atoms with Crippen LogP contribution in [0.25, 0.3) is 0 Å². The molecule has 15 heavy (non-hydrogen) atoms. The number of ketones is 1. The Balaban J connectivity index is 2.31. The molecule has 76 valence electrons. The number of hydrogen-bond acceptors (Lipinski definition) is 2. The van der Waals surface area contributed by atoms with Gasteiger partial charge in [-0.3, -0.25) is 4.79 Å². The Morgan fingerprint density at radius 3 is 2.47 bits per heavy atom. The quantitative estimate of drug-likeness (QED) is 0.750. The van der Waals surface area contributed by atoms with Crippen molar-refractivity contribution in [2.75, 3.05) is 0 Å². The van der Waals surface area contributed by atoms with Crippen LogP contribution in [0, 0.1) is 11.3 Å². The number of benzene rings is 1. The lowest BCUT2D eigenvalue weighted by atomic mass is 9.61. The highest BCUT2D eigenvalue weighted by Gasteiger charge is 2.44. The fraction of sp³-hybridized carbons (Fsp3) is 0.385. The standard InChI is InChI=1S/C13H13NO/c14-10-7-12(15)13(8-4-9-13)11-5-2-1-3-6-11/h1-3,5-6H,4,7-9H2. The maximum atomic E-state index is 11.9. The molecule has 0 heterocycles. The molecule has 1 aliphatic carbocycles. The van der Waals surface area contributed by atoms with Crippen LogP contribution in [0.1, 0.15) is 31.2 Å². The van der Waals surface area contributed by atoms with Gasteiger partial charge in [-0.2, -0.15) is 5.26 Å². The highest BCUT2D eigenvalue weighted by atomic mass is 16.1. The summed E-state index contributed by atoms with van der Waals surface area (Å²) in [4.78, 5) is 11.9. The van der Waals surface area contributed by atoms with Gasteiger partial charge in [-0.25, -0.2) is 0 Å². The number of carbonyl (C=O) groups is 1. The molecule has 0 bridgehead atoms. The van der Waals surface area contributed by atoms with Gasteiger partial charge < -0.3 is 0 Å². The summed E-state index contributed by atoms with van der Waals surface area (Å²) in [5, 5.41) is 8.60. The molecule has 2 heteroatoms. The molecule has 0 radical (unpaired) electrons. The summed E-state index contributed by atoms with van der Waals surface area (Å²) in [6.45, 7) is 0. The Hall–Kier alpha value is -1.62. The van der Waals surface area contributed by atoms with Crippen molar-refractivity contribution in [2.45, 2.75) is 31.1 Å². The van der Waals surface area contributed by atoms with Crippen molar-refractivity contribution in [1.82, 2.24) is 0 Å². The summed E-state index contributed by atoms with van der Waals surface area (Å²) in [6, 6.07) is 11.8. The van der Waals surface area contributed by atoms with E-state index in [9.17, 15) is 4.79 Å². The second kappa shape index (κ2) is 3.86. The zero-order chi connectivity index (χ0) is 10.7. The molecule has 0 N–H and O–H groups in total. The molecule has 0 amide bonds. The number of Topliss-reactive ketones (excluding diaryl/α,β-unsaturated/α-hetero) is 1. The minimum absolute atomic E-state index is 0.0366. The predicted molar refractivity (Wildman–Crippen MR) is 57.2 cm³/mol. The van der Waals surface area contributed by atoms with Crippen molar-refractivity contribution in [2.24, 2.45) is 0 Å². The molecule has 1 aromatic rings. The number of rotatable bonds is 3. The van der Waals surface area contributed by atoms with Crippen LogP contribution in [0.3, 0.4) is 0 Å². The van der Waals surface area contributed by atoms with Gasteiger partial charge in [-0.1, -0.05) is 36.8 Å². The molecule has 2 rings (SSSR count). The first kappa shape index (κ1) is 9.92. The number of nitriles is 1. The molecular weight excluding hydrogens is 186 g/mol. The number of hydrogen-bond donors (Lipinski definition) is 0. The first-order valence-corrected chi connectivity index (χ1v) is 5.25. The highest BCUT2D eigenvalue weighted by molar-refractivity contribution is 5.92. The van der Waals surface area contributed by atoms with Crippen LogP contribution >= 0.6 is 0 Å². The fourth-order valence-corrected chi connectivity index (χ4v) is 2.26. The van der Waals surface area contributed by atoms with Gasteiger partial charge in [-0.05, 0) is 18.4 Å². The summed E-state index contributed by atoms with van der Waals surface area (Å²) in [6.07, 6.45) is 2.93. The maximum Gasteiger partial charge on any atom is 0.157 e. The summed E-state index contributed by atoms with van der Waals surface area (Å²) >= 11 is 0. The highest BCUT2D eigenvalue weighted by Crippen LogP contribution is 2.44. The van der Waals surface area contributed by atoms with Crippen LogP contribution in [0.2, 0.25) is 0 Å². The van der Waals surface area contributed by atoms with Crippen molar-refractivity contribution in [3.63, 3.8) is 0 Å². The Morgan fingerprint density at radius 1 is 1.33 bits per heavy atom. The molecule has 1 saturated carbocycles. The molecule has 1 aromatic carbocycles. The summed E-state index contributed by atoms with van der Waals surface area (Å²) in [7, 11) is 0. The van der Waals surface area contributed by atoms with Crippen LogP contribution in [0.15, 0.2) is 30.3 Å². The van der Waals surface area contributed by atoms with Gasteiger partial charge in [0.25, 0.3) is 0 Å². The van der Waals surface area contributed by atoms with E-state index in [1.165, 1.54) is 0 Å². The van der Waals surface area contributed by atoms with Gasteiger partial charge in [0.05, 0.1) is 17.9 Å². The number of nitrogens with zero attached hydrogens (tertiary/aromatic N) is 1. The Morgan fingerprint density at radius 2 is 2.00 bits per heavy atom. The average Bonchev–Trinajstić information content (AvgIpc) is 2.18. The summed E-state index contributed by atoms with van der Waals surface area (Å²) in [5.41, 5.74) is 0.744. The summed E-state index contributed by atoms with van der Waals surface area (Å²) < 4.78 is 0. The van der Waals surface area contributed by atoms with Crippen molar-refractivity contribution < 1.29 is 4.79 Å². The first-order chi connectivity index (χ1) is 7.29. The topological polar surface area (TPSA) is 40.9 Å². The van der Waals surface area contributed by atoms with E-state index >= 15 is 0 Å². The smallest absolute Gasteiger partial charge is 0.157 e. The fourth-order valence-electron chi connectivity index (χ4n) is 2.26. The van der Waals surface area contributed by atoms with Crippen molar-refractivity contribution in [3.05, 3.63) is 35.9 Å². The lowest BCUT2D eigenvalue weighted by molar-refractivity contribution is -0.126. The largest absolute Gasteiger partial charge is 0.298 e. The normalized spacial score (nSPS) is 17.5. The van der Waals surface area contributed by atoms with Gasteiger partial charge in [-0.15, -0.1) is 0 Å². The monoisotopic (exact) mass is 199 g/mol. The van der Waals surface area contributed by atoms with Crippen LogP contribution < -0.4 is 0 Å². The molecule has 0 aliphatic heterocycles. The molecule has 1 fully saturated rings. The molecule has 0 saturated heterocycles. The average molecular weight is 199 g/mol. The summed E-state index contributed by atoms with van der Waals surface area (Å²) in [5.74, 6) is 0.0856. The van der Waals surface area contributed by atoms with E-state index < -0.39 is 0 Å². The molecule has 2 nitrogen and oxygen atoms in total. The molecule has 0 aromatic heterocycles.